The van der Waals surface area contributed by atoms with Crippen molar-refractivity contribution >= 4 is 12.1 Å². The van der Waals surface area contributed by atoms with Gasteiger partial charge in [-0.2, -0.15) is 0 Å². The van der Waals surface area contributed by atoms with Crippen molar-refractivity contribution in [3.05, 3.63) is 0 Å². The van der Waals surface area contributed by atoms with Crippen LogP contribution in [0.2, 0.25) is 0 Å². The molecule has 0 aromatic rings. The Morgan fingerprint density at radius 2 is 2.38 bits per heavy atom. The van der Waals surface area contributed by atoms with E-state index in [9.17, 15) is 9.59 Å². The van der Waals surface area contributed by atoms with Gasteiger partial charge in [-0.05, 0) is 33.0 Å². The molecule has 0 amide bonds. The van der Waals surface area contributed by atoms with Gasteiger partial charge in [-0.3, -0.25) is 14.5 Å². The van der Waals surface area contributed by atoms with Gasteiger partial charge >= 0.3 is 0 Å². The molecular weight excluding hydrogens is 168 g/mol. The Labute approximate surface area is 78.1 Å². The molecule has 4 heteroatoms. The molecule has 1 radical (unpaired) electrons. The van der Waals surface area contributed by atoms with Crippen molar-refractivity contribution in [2.75, 3.05) is 20.1 Å². The summed E-state index contributed by atoms with van der Waals surface area (Å²) in [7, 11) is 1.78. The number of carbonyl (C=O) groups excluding carboxylic acids is 2. The van der Waals surface area contributed by atoms with E-state index in [1.165, 1.54) is 0 Å². The van der Waals surface area contributed by atoms with E-state index in [1.807, 2.05) is 6.29 Å². The molecule has 0 aliphatic carbocycles. The molecule has 13 heavy (non-hydrogen) atoms. The third kappa shape index (κ3) is 1.64. The molecule has 2 N–H and O–H groups in total. The van der Waals surface area contributed by atoms with E-state index in [1.54, 1.807) is 11.9 Å². The van der Waals surface area contributed by atoms with Gasteiger partial charge < -0.3 is 5.73 Å². The van der Waals surface area contributed by atoms with Gasteiger partial charge in [0.25, 0.3) is 0 Å². The molecule has 1 rings (SSSR count). The van der Waals surface area contributed by atoms with E-state index in [2.05, 4.69) is 0 Å². The lowest BCUT2D eigenvalue weighted by atomic mass is 9.91. The Hall–Kier alpha value is -0.740. The fourth-order valence-electron chi connectivity index (χ4n) is 1.83. The number of rotatable bonds is 4. The van der Waals surface area contributed by atoms with Gasteiger partial charge in [-0.15, -0.1) is 0 Å². The molecule has 1 aliphatic rings. The van der Waals surface area contributed by atoms with Crippen LogP contribution in [0.3, 0.4) is 0 Å². The van der Waals surface area contributed by atoms with Crippen LogP contribution in [0.5, 0.6) is 0 Å². The SMILES string of the molecule is CN1CCC[C@]1([C]=O)C(=O)CCN. The molecule has 73 valence electrons. The summed E-state index contributed by atoms with van der Waals surface area (Å²) in [5.74, 6) is -0.0926. The fourth-order valence-corrected chi connectivity index (χ4v) is 1.83. The zero-order chi connectivity index (χ0) is 9.90. The van der Waals surface area contributed by atoms with Crippen molar-refractivity contribution in [2.24, 2.45) is 5.73 Å². The van der Waals surface area contributed by atoms with Gasteiger partial charge in [-0.25, -0.2) is 0 Å². The van der Waals surface area contributed by atoms with E-state index in [4.69, 9.17) is 5.73 Å². The third-order valence-electron chi connectivity index (χ3n) is 2.69. The van der Waals surface area contributed by atoms with E-state index in [-0.39, 0.29) is 12.2 Å². The molecule has 1 fully saturated rings. The normalized spacial score (nSPS) is 29.1. The maximum Gasteiger partial charge on any atom is 0.228 e. The minimum atomic E-state index is -0.987. The Kier molecular flexibility index (Phi) is 3.17. The Morgan fingerprint density at radius 3 is 2.77 bits per heavy atom. The number of carbonyl (C=O) groups is 1. The van der Waals surface area contributed by atoms with Gasteiger partial charge in [-0.1, -0.05) is 0 Å². The average molecular weight is 183 g/mol. The zero-order valence-corrected chi connectivity index (χ0v) is 7.88. The van der Waals surface area contributed by atoms with Crippen molar-refractivity contribution in [2.45, 2.75) is 24.8 Å². The van der Waals surface area contributed by atoms with Crippen LogP contribution < -0.4 is 5.73 Å². The van der Waals surface area contributed by atoms with Crippen LogP contribution in [0.4, 0.5) is 0 Å². The minimum Gasteiger partial charge on any atom is -0.330 e. The topological polar surface area (TPSA) is 63.4 Å². The number of hydrogen-bond acceptors (Lipinski definition) is 4. The molecule has 0 aromatic carbocycles. The van der Waals surface area contributed by atoms with Crippen molar-refractivity contribution < 1.29 is 9.59 Å². The molecule has 0 spiro atoms. The van der Waals surface area contributed by atoms with Gasteiger partial charge in [0.05, 0.1) is 0 Å². The summed E-state index contributed by atoms with van der Waals surface area (Å²) in [6.07, 6.45) is 3.61. The first-order valence-electron chi connectivity index (χ1n) is 4.51. The van der Waals surface area contributed by atoms with Gasteiger partial charge in [0.2, 0.25) is 6.29 Å². The number of nitrogens with zero attached hydrogens (tertiary/aromatic N) is 1. The molecule has 1 saturated heterocycles. The lowest BCUT2D eigenvalue weighted by Crippen LogP contribution is -2.50. The second-order valence-electron chi connectivity index (χ2n) is 3.45. The quantitative estimate of drug-likeness (QED) is 0.596. The largest absolute Gasteiger partial charge is 0.330 e. The van der Waals surface area contributed by atoms with Gasteiger partial charge in [0, 0.05) is 6.42 Å². The summed E-state index contributed by atoms with van der Waals surface area (Å²) in [5.41, 5.74) is 4.30. The Balaban J connectivity index is 2.79. The van der Waals surface area contributed by atoms with Crippen LogP contribution in [0, 0.1) is 0 Å². The first-order valence-corrected chi connectivity index (χ1v) is 4.51. The van der Waals surface area contributed by atoms with Gasteiger partial charge in [0.1, 0.15) is 5.54 Å². The Morgan fingerprint density at radius 1 is 1.69 bits per heavy atom. The van der Waals surface area contributed by atoms with E-state index >= 15 is 0 Å². The summed E-state index contributed by atoms with van der Waals surface area (Å²) in [6, 6.07) is 0. The lowest BCUT2D eigenvalue weighted by Gasteiger charge is -2.27. The van der Waals surface area contributed by atoms with Crippen LogP contribution in [-0.4, -0.2) is 42.6 Å². The van der Waals surface area contributed by atoms with E-state index < -0.39 is 5.54 Å². The number of nitrogens with two attached hydrogens (primary N) is 1. The number of likely N-dealkylation sites (tertiary alicyclic amines) is 1. The molecular formula is C9H15N2O2. The molecule has 0 unspecified atom stereocenters. The number of ketones is 1. The maximum absolute atomic E-state index is 11.6. The highest BCUT2D eigenvalue weighted by molar-refractivity contribution is 6.03. The average Bonchev–Trinajstić information content (AvgIpc) is 2.48. The van der Waals surface area contributed by atoms with E-state index in [0.29, 0.717) is 13.0 Å². The Bertz CT molecular complexity index is 218. The smallest absolute Gasteiger partial charge is 0.228 e. The predicted octanol–water partition coefficient (Wildman–Crippen LogP) is -0.522. The lowest BCUT2D eigenvalue weighted by molar-refractivity contribution is -0.125. The first-order chi connectivity index (χ1) is 6.17. The van der Waals surface area contributed by atoms with Gasteiger partial charge in [0.15, 0.2) is 5.78 Å². The molecule has 1 heterocycles. The number of hydrogen-bond donors (Lipinski definition) is 1. The highest BCUT2D eigenvalue weighted by atomic mass is 16.1. The summed E-state index contributed by atoms with van der Waals surface area (Å²) in [4.78, 5) is 24.2. The molecule has 0 saturated carbocycles. The maximum atomic E-state index is 11.6. The molecule has 1 atom stereocenters. The highest BCUT2D eigenvalue weighted by Gasteiger charge is 2.45. The van der Waals surface area contributed by atoms with Crippen molar-refractivity contribution in [3.8, 4) is 0 Å². The fraction of sp³-hybridized carbons (Fsp3) is 0.778. The second kappa shape index (κ2) is 3.98. The standard InChI is InChI=1S/C9H15N2O2/c1-11-6-2-4-9(11,7-12)8(13)3-5-10/h2-6,10H2,1H3/t9-/m0/s1. The zero-order valence-electron chi connectivity index (χ0n) is 7.88. The predicted molar refractivity (Wildman–Crippen MR) is 49.0 cm³/mol. The van der Waals surface area contributed by atoms with Crippen LogP contribution in [0.25, 0.3) is 0 Å². The van der Waals surface area contributed by atoms with Crippen LogP contribution in [0.1, 0.15) is 19.3 Å². The highest BCUT2D eigenvalue weighted by Crippen LogP contribution is 2.27. The number of Topliss-reactive ketones (excluding diaryl/α,β-unsaturated/α-hetero) is 1. The van der Waals surface area contributed by atoms with Crippen LogP contribution in [0.15, 0.2) is 0 Å². The van der Waals surface area contributed by atoms with Crippen LogP contribution >= 0.6 is 0 Å². The van der Waals surface area contributed by atoms with Crippen molar-refractivity contribution in [1.29, 1.82) is 0 Å². The third-order valence-corrected chi connectivity index (χ3v) is 2.69. The summed E-state index contributed by atoms with van der Waals surface area (Å²) in [6.45, 7) is 1.08. The number of likely N-dealkylation sites (N-methyl/N-ethyl adjacent to an activating group) is 1. The molecule has 4 nitrogen and oxygen atoms in total. The van der Waals surface area contributed by atoms with E-state index in [0.717, 1.165) is 13.0 Å². The first kappa shape index (κ1) is 10.3. The second-order valence-corrected chi connectivity index (χ2v) is 3.45. The molecule has 0 aromatic heterocycles. The summed E-state index contributed by atoms with van der Waals surface area (Å²) in [5, 5.41) is 0. The molecule has 1 aliphatic heterocycles. The minimum absolute atomic E-state index is 0.0926. The van der Waals surface area contributed by atoms with Crippen molar-refractivity contribution in [3.63, 3.8) is 0 Å². The molecule has 0 bridgehead atoms. The van der Waals surface area contributed by atoms with Crippen LogP contribution in [-0.2, 0) is 9.59 Å². The summed E-state index contributed by atoms with van der Waals surface area (Å²) < 4.78 is 0. The van der Waals surface area contributed by atoms with Crippen molar-refractivity contribution in [1.82, 2.24) is 4.90 Å². The monoisotopic (exact) mass is 183 g/mol. The summed E-state index contributed by atoms with van der Waals surface area (Å²) >= 11 is 0.